The number of hydrogen-bond donors (Lipinski definition) is 3. The summed E-state index contributed by atoms with van der Waals surface area (Å²) in [4.78, 5) is 24.2. The van der Waals surface area contributed by atoms with Gasteiger partial charge in [0.1, 0.15) is 0 Å². The molecule has 0 aromatic heterocycles. The number of aromatic carboxylic acids is 1. The van der Waals surface area contributed by atoms with Gasteiger partial charge in [-0.05, 0) is 30.5 Å². The van der Waals surface area contributed by atoms with Crippen LogP contribution in [-0.4, -0.2) is 53.9 Å². The summed E-state index contributed by atoms with van der Waals surface area (Å²) >= 11 is 1.62. The third-order valence-corrected chi connectivity index (χ3v) is 3.19. The number of amides is 2. The number of nitrogens with one attached hydrogen (secondary N) is 1. The predicted octanol–water partition coefficient (Wildman–Crippen LogP) is 1.26. The monoisotopic (exact) mass is 298 g/mol. The molecule has 1 aromatic rings. The second-order valence-electron chi connectivity index (χ2n) is 3.95. The van der Waals surface area contributed by atoms with Gasteiger partial charge < -0.3 is 15.5 Å². The van der Waals surface area contributed by atoms with E-state index >= 15 is 0 Å². The average Bonchev–Trinajstić information content (AvgIpc) is 2.45. The number of urea groups is 1. The van der Waals surface area contributed by atoms with Gasteiger partial charge in [-0.1, -0.05) is 0 Å². The fourth-order valence-electron chi connectivity index (χ4n) is 1.59. The molecule has 0 aliphatic heterocycles. The summed E-state index contributed by atoms with van der Waals surface area (Å²) in [6.07, 6.45) is 1.95. The lowest BCUT2D eigenvalue weighted by atomic mass is 10.2. The van der Waals surface area contributed by atoms with Crippen molar-refractivity contribution in [1.29, 1.82) is 0 Å². The number of carbonyl (C=O) groups is 2. The number of carboxylic acid groups (broad SMARTS) is 1. The number of benzene rings is 1. The van der Waals surface area contributed by atoms with Crippen LogP contribution in [-0.2, 0) is 0 Å². The van der Waals surface area contributed by atoms with Gasteiger partial charge in [-0.15, -0.1) is 0 Å². The third-order valence-electron chi connectivity index (χ3n) is 2.58. The van der Waals surface area contributed by atoms with Crippen LogP contribution < -0.4 is 10.2 Å². The fraction of sp³-hybridized carbons (Fsp3) is 0.385. The number of hydrogen-bond acceptors (Lipinski definition) is 4. The topological polar surface area (TPSA) is 89.9 Å². The number of rotatable bonds is 7. The van der Waals surface area contributed by atoms with Crippen molar-refractivity contribution in [3.05, 3.63) is 29.8 Å². The van der Waals surface area contributed by atoms with Crippen molar-refractivity contribution in [3.8, 4) is 0 Å². The first kappa shape index (κ1) is 16.3. The number of anilines is 1. The van der Waals surface area contributed by atoms with Crippen molar-refractivity contribution in [3.63, 3.8) is 0 Å². The van der Waals surface area contributed by atoms with Gasteiger partial charge in [-0.3, -0.25) is 4.90 Å². The maximum Gasteiger partial charge on any atom is 0.335 e. The molecule has 0 radical (unpaired) electrons. The normalized spacial score (nSPS) is 10.1. The van der Waals surface area contributed by atoms with E-state index in [1.165, 1.54) is 17.0 Å². The Balaban J connectivity index is 2.78. The molecule has 20 heavy (non-hydrogen) atoms. The molecule has 0 unspecified atom stereocenters. The lowest BCUT2D eigenvalue weighted by Crippen LogP contribution is -2.42. The zero-order valence-corrected chi connectivity index (χ0v) is 12.0. The average molecular weight is 298 g/mol. The van der Waals surface area contributed by atoms with Crippen molar-refractivity contribution in [2.45, 2.75) is 0 Å². The van der Waals surface area contributed by atoms with Crippen molar-refractivity contribution >= 4 is 29.4 Å². The van der Waals surface area contributed by atoms with Gasteiger partial charge in [-0.2, -0.15) is 11.8 Å². The molecular weight excluding hydrogens is 280 g/mol. The number of aliphatic hydroxyl groups is 1. The molecule has 0 aliphatic carbocycles. The van der Waals surface area contributed by atoms with Gasteiger partial charge in [0.25, 0.3) is 0 Å². The summed E-state index contributed by atoms with van der Waals surface area (Å²) in [5.74, 6) is -0.217. The van der Waals surface area contributed by atoms with E-state index in [-0.39, 0.29) is 24.7 Å². The highest BCUT2D eigenvalue weighted by Gasteiger charge is 2.15. The van der Waals surface area contributed by atoms with Crippen LogP contribution in [0.15, 0.2) is 24.3 Å². The standard InChI is InChI=1S/C13H18N2O4S/c1-20-9-6-14-13(19)15(7-8-16)11-4-2-10(3-5-11)12(17)18/h2-5,16H,6-9H2,1H3,(H,14,19)(H,17,18). The summed E-state index contributed by atoms with van der Waals surface area (Å²) in [6, 6.07) is 5.64. The van der Waals surface area contributed by atoms with Crippen LogP contribution in [0, 0.1) is 0 Å². The Hall–Kier alpha value is -1.73. The highest BCUT2D eigenvalue weighted by molar-refractivity contribution is 7.98. The van der Waals surface area contributed by atoms with Crippen LogP contribution in [0.4, 0.5) is 10.5 Å². The Bertz CT molecular complexity index is 450. The summed E-state index contributed by atoms with van der Waals surface area (Å²) in [5.41, 5.74) is 0.700. The second-order valence-corrected chi connectivity index (χ2v) is 4.94. The minimum atomic E-state index is -1.02. The zero-order chi connectivity index (χ0) is 15.0. The molecule has 0 bridgehead atoms. The summed E-state index contributed by atoms with van der Waals surface area (Å²) in [7, 11) is 0. The number of carbonyl (C=O) groups excluding carboxylic acids is 1. The maximum absolute atomic E-state index is 12.0. The van der Waals surface area contributed by atoms with E-state index in [9.17, 15) is 9.59 Å². The van der Waals surface area contributed by atoms with Gasteiger partial charge in [0.15, 0.2) is 0 Å². The van der Waals surface area contributed by atoms with Crippen LogP contribution in [0.1, 0.15) is 10.4 Å². The van der Waals surface area contributed by atoms with Crippen molar-refractivity contribution in [2.24, 2.45) is 0 Å². The highest BCUT2D eigenvalue weighted by Crippen LogP contribution is 2.15. The second kappa shape index (κ2) is 8.44. The molecule has 6 nitrogen and oxygen atoms in total. The molecule has 0 saturated carbocycles. The minimum Gasteiger partial charge on any atom is -0.478 e. The largest absolute Gasteiger partial charge is 0.478 e. The van der Waals surface area contributed by atoms with Crippen LogP contribution in [0.5, 0.6) is 0 Å². The zero-order valence-electron chi connectivity index (χ0n) is 11.2. The summed E-state index contributed by atoms with van der Waals surface area (Å²) < 4.78 is 0. The number of carboxylic acids is 1. The molecule has 7 heteroatoms. The first-order valence-corrected chi connectivity index (χ1v) is 7.48. The van der Waals surface area contributed by atoms with E-state index in [1.807, 2.05) is 6.26 Å². The number of aliphatic hydroxyl groups excluding tert-OH is 1. The van der Waals surface area contributed by atoms with Crippen molar-refractivity contribution in [1.82, 2.24) is 5.32 Å². The van der Waals surface area contributed by atoms with Crippen LogP contribution >= 0.6 is 11.8 Å². The molecular formula is C13H18N2O4S. The lowest BCUT2D eigenvalue weighted by Gasteiger charge is -2.22. The molecule has 0 spiro atoms. The molecule has 0 atom stereocenters. The molecule has 0 heterocycles. The van der Waals surface area contributed by atoms with Gasteiger partial charge >= 0.3 is 12.0 Å². The van der Waals surface area contributed by atoms with Gasteiger partial charge in [0, 0.05) is 18.0 Å². The minimum absolute atomic E-state index is 0.150. The Labute approximate surface area is 121 Å². The van der Waals surface area contributed by atoms with Crippen LogP contribution in [0.3, 0.4) is 0 Å². The molecule has 2 amide bonds. The Morgan fingerprint density at radius 2 is 1.95 bits per heavy atom. The molecule has 110 valence electrons. The Morgan fingerprint density at radius 3 is 2.45 bits per heavy atom. The quantitative estimate of drug-likeness (QED) is 0.659. The van der Waals surface area contributed by atoms with E-state index < -0.39 is 5.97 Å². The predicted molar refractivity (Wildman–Crippen MR) is 79.6 cm³/mol. The Morgan fingerprint density at radius 1 is 1.30 bits per heavy atom. The van der Waals surface area contributed by atoms with Gasteiger partial charge in [0.2, 0.25) is 0 Å². The number of nitrogens with zero attached hydrogens (tertiary/aromatic N) is 1. The highest BCUT2D eigenvalue weighted by atomic mass is 32.2. The van der Waals surface area contributed by atoms with Crippen LogP contribution in [0.25, 0.3) is 0 Å². The summed E-state index contributed by atoms with van der Waals surface area (Å²) in [5, 5.41) is 20.6. The Kier molecular flexibility index (Phi) is 6.89. The van der Waals surface area contributed by atoms with Crippen molar-refractivity contribution in [2.75, 3.05) is 36.6 Å². The molecule has 0 aliphatic rings. The molecule has 1 rings (SSSR count). The molecule has 3 N–H and O–H groups in total. The van der Waals surface area contributed by atoms with Crippen molar-refractivity contribution < 1.29 is 19.8 Å². The smallest absolute Gasteiger partial charge is 0.335 e. The van der Waals surface area contributed by atoms with Gasteiger partial charge in [-0.25, -0.2) is 9.59 Å². The molecule has 0 fully saturated rings. The molecule has 1 aromatic carbocycles. The lowest BCUT2D eigenvalue weighted by molar-refractivity contribution is 0.0697. The van der Waals surface area contributed by atoms with Gasteiger partial charge in [0.05, 0.1) is 18.7 Å². The fourth-order valence-corrected chi connectivity index (χ4v) is 1.89. The summed E-state index contributed by atoms with van der Waals surface area (Å²) in [6.45, 7) is 0.517. The molecule has 0 saturated heterocycles. The first-order chi connectivity index (χ1) is 9.60. The van der Waals surface area contributed by atoms with E-state index in [0.29, 0.717) is 12.2 Å². The maximum atomic E-state index is 12.0. The first-order valence-electron chi connectivity index (χ1n) is 6.08. The third kappa shape index (κ3) is 4.75. The van der Waals surface area contributed by atoms with Crippen LogP contribution in [0.2, 0.25) is 0 Å². The van der Waals surface area contributed by atoms with E-state index in [1.54, 1.807) is 23.9 Å². The van der Waals surface area contributed by atoms with E-state index in [2.05, 4.69) is 5.32 Å². The SMILES string of the molecule is CSCCNC(=O)N(CCO)c1ccc(C(=O)O)cc1. The van der Waals surface area contributed by atoms with E-state index in [0.717, 1.165) is 5.75 Å². The number of thioether (sulfide) groups is 1. The van der Waals surface area contributed by atoms with E-state index in [4.69, 9.17) is 10.2 Å².